The molecule has 0 spiro atoms. The molecule has 1 heterocycles. The molecular formula is C19H30N4O5S. The Labute approximate surface area is 171 Å². The van der Waals surface area contributed by atoms with Gasteiger partial charge in [-0.2, -0.15) is 4.98 Å². The molecule has 0 aliphatic heterocycles. The molecule has 0 saturated heterocycles. The number of aromatic nitrogens is 2. The predicted molar refractivity (Wildman–Crippen MR) is 107 cm³/mol. The van der Waals surface area contributed by atoms with Gasteiger partial charge in [0.05, 0.1) is 30.5 Å². The number of rotatable bonds is 8. The number of sulfonamides is 1. The molecule has 29 heavy (non-hydrogen) atoms. The summed E-state index contributed by atoms with van der Waals surface area (Å²) in [4.78, 5) is 20.9. The van der Waals surface area contributed by atoms with Gasteiger partial charge in [0.25, 0.3) is 0 Å². The molecule has 1 aromatic rings. The van der Waals surface area contributed by atoms with Crippen molar-refractivity contribution in [1.29, 1.82) is 0 Å². The van der Waals surface area contributed by atoms with Crippen LogP contribution in [0.2, 0.25) is 0 Å². The van der Waals surface area contributed by atoms with E-state index in [1.54, 1.807) is 19.4 Å². The van der Waals surface area contributed by atoms with E-state index >= 15 is 0 Å². The van der Waals surface area contributed by atoms with Crippen LogP contribution in [0, 0.1) is 5.41 Å². The fourth-order valence-corrected chi connectivity index (χ4v) is 5.67. The SMILES string of the molecule is CNS(=O)(=O)[C@H]1CC[C@](COC2CCC(c3nccc(OC)n3)CC2)(C(N)=O)C1. The normalized spacial score (nSPS) is 30.2. The van der Waals surface area contributed by atoms with E-state index in [9.17, 15) is 13.2 Å². The number of nitrogens with two attached hydrogens (primary N) is 1. The number of nitrogens with zero attached hydrogens (tertiary/aromatic N) is 2. The zero-order valence-electron chi connectivity index (χ0n) is 17.0. The van der Waals surface area contributed by atoms with Crippen LogP contribution < -0.4 is 15.2 Å². The van der Waals surface area contributed by atoms with Gasteiger partial charge in [-0.15, -0.1) is 0 Å². The van der Waals surface area contributed by atoms with Crippen LogP contribution in [0.25, 0.3) is 0 Å². The molecule has 2 atom stereocenters. The molecule has 2 aliphatic rings. The van der Waals surface area contributed by atoms with Crippen LogP contribution in [-0.4, -0.2) is 56.4 Å². The van der Waals surface area contributed by atoms with Crippen LogP contribution in [0.15, 0.2) is 12.3 Å². The van der Waals surface area contributed by atoms with E-state index in [2.05, 4.69) is 14.7 Å². The standard InChI is InChI=1S/C19H30N4O5S/c1-21-29(25,26)15-7-9-19(11-15,18(20)24)12-28-14-5-3-13(4-6-14)17-22-10-8-16(23-17)27-2/h8,10,13-15,21H,3-7,9,11-12H2,1-2H3,(H2,20,24)/t13?,14?,15-,19-/m0/s1. The molecule has 1 amide bonds. The van der Waals surface area contributed by atoms with Gasteiger partial charge in [-0.05, 0) is 52.0 Å². The lowest BCUT2D eigenvalue weighted by molar-refractivity contribution is -0.133. The molecular weight excluding hydrogens is 396 g/mol. The summed E-state index contributed by atoms with van der Waals surface area (Å²) < 4.78 is 37.8. The van der Waals surface area contributed by atoms with Gasteiger partial charge in [-0.25, -0.2) is 18.1 Å². The van der Waals surface area contributed by atoms with Gasteiger partial charge in [0.15, 0.2) is 0 Å². The Morgan fingerprint density at radius 1 is 1.31 bits per heavy atom. The molecule has 162 valence electrons. The molecule has 0 unspecified atom stereocenters. The molecule has 0 aromatic carbocycles. The first kappa shape index (κ1) is 21.9. The molecule has 2 fully saturated rings. The highest BCUT2D eigenvalue weighted by atomic mass is 32.2. The van der Waals surface area contributed by atoms with Crippen LogP contribution in [0.5, 0.6) is 5.88 Å². The van der Waals surface area contributed by atoms with Gasteiger partial charge in [-0.3, -0.25) is 4.79 Å². The van der Waals surface area contributed by atoms with Gasteiger partial charge < -0.3 is 15.2 Å². The number of carbonyl (C=O) groups is 1. The van der Waals surface area contributed by atoms with E-state index in [4.69, 9.17) is 15.2 Å². The summed E-state index contributed by atoms with van der Waals surface area (Å²) >= 11 is 0. The average molecular weight is 427 g/mol. The highest BCUT2D eigenvalue weighted by molar-refractivity contribution is 7.90. The fourth-order valence-electron chi connectivity index (χ4n) is 4.37. The highest BCUT2D eigenvalue weighted by Gasteiger charge is 2.48. The minimum Gasteiger partial charge on any atom is -0.481 e. The van der Waals surface area contributed by atoms with Crippen molar-refractivity contribution in [3.63, 3.8) is 0 Å². The number of primary amides is 1. The second kappa shape index (κ2) is 8.93. The first-order valence-corrected chi connectivity index (χ1v) is 11.5. The zero-order chi connectivity index (χ0) is 21.1. The predicted octanol–water partition coefficient (Wildman–Crippen LogP) is 1.10. The van der Waals surface area contributed by atoms with Crippen LogP contribution in [0.3, 0.4) is 0 Å². The first-order valence-electron chi connectivity index (χ1n) is 10.0. The monoisotopic (exact) mass is 426 g/mol. The van der Waals surface area contributed by atoms with E-state index in [0.717, 1.165) is 31.5 Å². The van der Waals surface area contributed by atoms with E-state index < -0.39 is 26.6 Å². The number of methoxy groups -OCH3 is 1. The number of nitrogens with one attached hydrogen (secondary N) is 1. The Morgan fingerprint density at radius 2 is 2.03 bits per heavy atom. The summed E-state index contributed by atoms with van der Waals surface area (Å²) in [6, 6.07) is 1.73. The van der Waals surface area contributed by atoms with E-state index in [1.165, 1.54) is 7.05 Å². The Bertz CT molecular complexity index is 826. The third-order valence-electron chi connectivity index (χ3n) is 6.30. The van der Waals surface area contributed by atoms with Crippen molar-refractivity contribution in [3.8, 4) is 5.88 Å². The van der Waals surface area contributed by atoms with E-state index in [1.807, 2.05) is 0 Å². The average Bonchev–Trinajstić information content (AvgIpc) is 3.20. The van der Waals surface area contributed by atoms with Crippen molar-refractivity contribution in [1.82, 2.24) is 14.7 Å². The van der Waals surface area contributed by atoms with E-state index in [0.29, 0.717) is 18.7 Å². The molecule has 1 aromatic heterocycles. The van der Waals surface area contributed by atoms with Crippen LogP contribution in [0.4, 0.5) is 0 Å². The quantitative estimate of drug-likeness (QED) is 0.636. The molecule has 3 rings (SSSR count). The van der Waals surface area contributed by atoms with Gasteiger partial charge >= 0.3 is 0 Å². The second-order valence-corrected chi connectivity index (χ2v) is 10.2. The van der Waals surface area contributed by atoms with Crippen molar-refractivity contribution < 1.29 is 22.7 Å². The fraction of sp³-hybridized carbons (Fsp3) is 0.737. The lowest BCUT2D eigenvalue weighted by Gasteiger charge is -2.32. The Morgan fingerprint density at radius 3 is 2.66 bits per heavy atom. The molecule has 2 saturated carbocycles. The van der Waals surface area contributed by atoms with Crippen LogP contribution in [0.1, 0.15) is 56.7 Å². The van der Waals surface area contributed by atoms with Crippen molar-refractivity contribution in [2.24, 2.45) is 11.1 Å². The third-order valence-corrected chi connectivity index (χ3v) is 8.15. The number of ether oxygens (including phenoxy) is 2. The van der Waals surface area contributed by atoms with Crippen molar-refractivity contribution in [2.45, 2.75) is 62.2 Å². The summed E-state index contributed by atoms with van der Waals surface area (Å²) in [7, 11) is -0.453. The molecule has 2 aliphatic carbocycles. The Kier molecular flexibility index (Phi) is 6.75. The van der Waals surface area contributed by atoms with Gasteiger partial charge in [0.2, 0.25) is 21.8 Å². The number of hydrogen-bond donors (Lipinski definition) is 2. The molecule has 0 radical (unpaired) electrons. The van der Waals surface area contributed by atoms with Crippen molar-refractivity contribution in [2.75, 3.05) is 20.8 Å². The summed E-state index contributed by atoms with van der Waals surface area (Å²) in [5.74, 6) is 1.12. The summed E-state index contributed by atoms with van der Waals surface area (Å²) in [6.07, 6.45) is 6.21. The largest absolute Gasteiger partial charge is 0.481 e. The molecule has 0 bridgehead atoms. The zero-order valence-corrected chi connectivity index (χ0v) is 17.8. The number of carbonyl (C=O) groups excluding carboxylic acids is 1. The van der Waals surface area contributed by atoms with Crippen LogP contribution >= 0.6 is 0 Å². The second-order valence-electron chi connectivity index (χ2n) is 8.00. The molecule has 3 N–H and O–H groups in total. The lowest BCUT2D eigenvalue weighted by atomic mass is 9.85. The maximum absolute atomic E-state index is 12.2. The number of hydrogen-bond acceptors (Lipinski definition) is 7. The minimum atomic E-state index is -3.43. The van der Waals surface area contributed by atoms with Gasteiger partial charge in [-0.1, -0.05) is 0 Å². The Hall–Kier alpha value is -1.78. The minimum absolute atomic E-state index is 0.0213. The first-order chi connectivity index (χ1) is 13.8. The Balaban J connectivity index is 1.55. The topological polar surface area (TPSA) is 134 Å². The maximum atomic E-state index is 12.2. The summed E-state index contributed by atoms with van der Waals surface area (Å²) in [5, 5.41) is -0.607. The van der Waals surface area contributed by atoms with Crippen molar-refractivity contribution >= 4 is 15.9 Å². The maximum Gasteiger partial charge on any atom is 0.226 e. The summed E-state index contributed by atoms with van der Waals surface area (Å²) in [5.41, 5.74) is 4.74. The third kappa shape index (κ3) is 4.87. The lowest BCUT2D eigenvalue weighted by Crippen LogP contribution is -2.42. The van der Waals surface area contributed by atoms with Crippen LogP contribution in [-0.2, 0) is 19.6 Å². The smallest absolute Gasteiger partial charge is 0.226 e. The highest BCUT2D eigenvalue weighted by Crippen LogP contribution is 2.42. The summed E-state index contributed by atoms with van der Waals surface area (Å²) in [6.45, 7) is 0.170. The van der Waals surface area contributed by atoms with Gasteiger partial charge in [0, 0.05) is 18.2 Å². The number of amides is 1. The van der Waals surface area contributed by atoms with Gasteiger partial charge in [0.1, 0.15) is 5.82 Å². The molecule has 9 nitrogen and oxygen atoms in total. The van der Waals surface area contributed by atoms with E-state index in [-0.39, 0.29) is 25.0 Å². The molecule has 10 heteroatoms. The van der Waals surface area contributed by atoms with Crippen molar-refractivity contribution in [3.05, 3.63) is 18.1 Å².